The Bertz CT molecular complexity index is 1020. The molecule has 4 rings (SSSR count). The lowest BCUT2D eigenvalue weighted by Crippen LogP contribution is -2.24. The van der Waals surface area contributed by atoms with E-state index < -0.39 is 0 Å². The van der Waals surface area contributed by atoms with Crippen LogP contribution < -0.4 is 4.90 Å². The predicted molar refractivity (Wildman–Crippen MR) is 103 cm³/mol. The van der Waals surface area contributed by atoms with Crippen molar-refractivity contribution in [2.45, 2.75) is 30.3 Å². The number of aromatic nitrogens is 4. The molecule has 0 N–H and O–H groups in total. The third-order valence-corrected chi connectivity index (χ3v) is 5.43. The highest BCUT2D eigenvalue weighted by Gasteiger charge is 2.26. The molecule has 0 atom stereocenters. The van der Waals surface area contributed by atoms with Crippen LogP contribution in [0.5, 0.6) is 0 Å². The Morgan fingerprint density at radius 2 is 2.04 bits per heavy atom. The van der Waals surface area contributed by atoms with Gasteiger partial charge in [-0.25, -0.2) is 15.0 Å². The van der Waals surface area contributed by atoms with Crippen LogP contribution in [0.15, 0.2) is 46.8 Å². The molecule has 27 heavy (non-hydrogen) atoms. The van der Waals surface area contributed by atoms with Gasteiger partial charge in [0.2, 0.25) is 0 Å². The standard InChI is InChI=1S/C19H19N5O2S/c1-12-17(13(2)25)23(10-22-12)9-14-4-5-16-15(8-14)24(11-26-3)18-19(27-16)21-7-6-20-18/h4-8,10H,9,11H2,1-3H3. The molecule has 0 spiro atoms. The van der Waals surface area contributed by atoms with Gasteiger partial charge in [-0.3, -0.25) is 9.69 Å². The number of ether oxygens (including phenoxy) is 1. The smallest absolute Gasteiger partial charge is 0.178 e. The van der Waals surface area contributed by atoms with E-state index in [2.05, 4.69) is 33.2 Å². The number of anilines is 2. The van der Waals surface area contributed by atoms with Crippen LogP contribution in [0.4, 0.5) is 11.5 Å². The molecule has 1 aliphatic heterocycles. The molecule has 3 heterocycles. The highest BCUT2D eigenvalue weighted by atomic mass is 32.2. The third-order valence-electron chi connectivity index (χ3n) is 4.39. The summed E-state index contributed by atoms with van der Waals surface area (Å²) in [4.78, 5) is 28.2. The Morgan fingerprint density at radius 1 is 1.22 bits per heavy atom. The Kier molecular flexibility index (Phi) is 4.67. The van der Waals surface area contributed by atoms with E-state index in [9.17, 15) is 4.79 Å². The largest absolute Gasteiger partial charge is 0.364 e. The van der Waals surface area contributed by atoms with Crippen molar-refractivity contribution in [3.63, 3.8) is 0 Å². The number of nitrogens with zero attached hydrogens (tertiary/aromatic N) is 5. The summed E-state index contributed by atoms with van der Waals surface area (Å²) in [5.41, 5.74) is 3.49. The van der Waals surface area contributed by atoms with Crippen LogP contribution >= 0.6 is 11.8 Å². The molecule has 0 radical (unpaired) electrons. The number of aryl methyl sites for hydroxylation is 1. The van der Waals surface area contributed by atoms with E-state index in [4.69, 9.17) is 4.74 Å². The van der Waals surface area contributed by atoms with Gasteiger partial charge in [0.15, 0.2) is 11.6 Å². The summed E-state index contributed by atoms with van der Waals surface area (Å²) in [5, 5.41) is 0.860. The summed E-state index contributed by atoms with van der Waals surface area (Å²) in [6.45, 7) is 4.38. The van der Waals surface area contributed by atoms with Crippen LogP contribution in [0.25, 0.3) is 0 Å². The number of hydrogen-bond acceptors (Lipinski definition) is 7. The third kappa shape index (κ3) is 3.22. The first-order chi connectivity index (χ1) is 13.1. The van der Waals surface area contributed by atoms with Gasteiger partial charge in [0, 0.05) is 37.9 Å². The van der Waals surface area contributed by atoms with Crippen molar-refractivity contribution in [3.8, 4) is 0 Å². The highest BCUT2D eigenvalue weighted by molar-refractivity contribution is 7.99. The lowest BCUT2D eigenvalue weighted by molar-refractivity contribution is 0.100. The molecule has 0 saturated carbocycles. The zero-order valence-corrected chi connectivity index (χ0v) is 16.2. The van der Waals surface area contributed by atoms with Crippen LogP contribution in [0.3, 0.4) is 0 Å². The molecule has 1 aliphatic rings. The first-order valence-electron chi connectivity index (χ1n) is 8.49. The van der Waals surface area contributed by atoms with Gasteiger partial charge in [-0.1, -0.05) is 17.8 Å². The SMILES string of the molecule is COCN1c2cc(Cn3cnc(C)c3C(C)=O)ccc2Sc2nccnc21. The van der Waals surface area contributed by atoms with E-state index in [1.165, 1.54) is 0 Å². The van der Waals surface area contributed by atoms with Gasteiger partial charge in [-0.15, -0.1) is 0 Å². The molecule has 0 amide bonds. The Hall–Kier alpha value is -2.71. The molecule has 0 bridgehead atoms. The first-order valence-corrected chi connectivity index (χ1v) is 9.31. The normalized spacial score (nSPS) is 12.6. The van der Waals surface area contributed by atoms with E-state index in [1.54, 1.807) is 44.5 Å². The van der Waals surface area contributed by atoms with Crippen molar-refractivity contribution in [3.05, 3.63) is 53.9 Å². The van der Waals surface area contributed by atoms with Crippen molar-refractivity contribution >= 4 is 29.1 Å². The molecule has 0 unspecified atom stereocenters. The van der Waals surface area contributed by atoms with Crippen LogP contribution in [0, 0.1) is 6.92 Å². The maximum atomic E-state index is 11.9. The number of carbonyl (C=O) groups excluding carboxylic acids is 1. The summed E-state index contributed by atoms with van der Waals surface area (Å²) in [6, 6.07) is 6.25. The Labute approximate surface area is 161 Å². The van der Waals surface area contributed by atoms with Gasteiger partial charge in [-0.2, -0.15) is 0 Å². The Balaban J connectivity index is 1.72. The number of fused-ring (bicyclic) bond motifs is 2. The van der Waals surface area contributed by atoms with E-state index >= 15 is 0 Å². The summed E-state index contributed by atoms with van der Waals surface area (Å²) in [7, 11) is 1.66. The van der Waals surface area contributed by atoms with Gasteiger partial charge in [-0.05, 0) is 24.6 Å². The van der Waals surface area contributed by atoms with Gasteiger partial charge in [0.25, 0.3) is 0 Å². The molecule has 138 valence electrons. The number of benzene rings is 1. The van der Waals surface area contributed by atoms with Gasteiger partial charge >= 0.3 is 0 Å². The minimum absolute atomic E-state index is 0.0173. The maximum Gasteiger partial charge on any atom is 0.178 e. The van der Waals surface area contributed by atoms with Crippen molar-refractivity contribution in [2.75, 3.05) is 18.7 Å². The fourth-order valence-corrected chi connectivity index (χ4v) is 4.25. The molecular weight excluding hydrogens is 362 g/mol. The lowest BCUT2D eigenvalue weighted by Gasteiger charge is -2.30. The zero-order chi connectivity index (χ0) is 19.0. The molecule has 8 heteroatoms. The van der Waals surface area contributed by atoms with Gasteiger partial charge in [0.1, 0.15) is 17.5 Å². The number of rotatable bonds is 5. The quantitative estimate of drug-likeness (QED) is 0.627. The summed E-state index contributed by atoms with van der Waals surface area (Å²) >= 11 is 1.60. The van der Waals surface area contributed by atoms with Crippen molar-refractivity contribution in [1.29, 1.82) is 0 Å². The Morgan fingerprint density at radius 3 is 2.81 bits per heavy atom. The molecule has 7 nitrogen and oxygen atoms in total. The average Bonchev–Trinajstić information content (AvgIpc) is 3.02. The monoisotopic (exact) mass is 381 g/mol. The van der Waals surface area contributed by atoms with E-state index in [-0.39, 0.29) is 5.78 Å². The molecule has 3 aromatic rings. The molecule has 2 aromatic heterocycles. The summed E-state index contributed by atoms with van der Waals surface area (Å²) < 4.78 is 7.29. The topological polar surface area (TPSA) is 73.1 Å². The van der Waals surface area contributed by atoms with E-state index in [0.29, 0.717) is 19.0 Å². The van der Waals surface area contributed by atoms with Crippen LogP contribution in [0.1, 0.15) is 28.7 Å². The van der Waals surface area contributed by atoms with Gasteiger partial charge in [0.05, 0.1) is 17.7 Å². The number of Topliss-reactive ketones (excluding diaryl/α,β-unsaturated/α-hetero) is 1. The number of hydrogen-bond donors (Lipinski definition) is 0. The van der Waals surface area contributed by atoms with Crippen LogP contribution in [-0.4, -0.2) is 39.1 Å². The van der Waals surface area contributed by atoms with Crippen molar-refractivity contribution < 1.29 is 9.53 Å². The predicted octanol–water partition coefficient (Wildman–Crippen LogP) is 3.44. The number of imidazole rings is 1. The fraction of sp³-hybridized carbons (Fsp3) is 0.263. The molecule has 0 aliphatic carbocycles. The molecular formula is C19H19N5O2S. The second kappa shape index (κ2) is 7.13. The summed E-state index contributed by atoms with van der Waals surface area (Å²) in [6.07, 6.45) is 5.10. The second-order valence-corrected chi connectivity index (χ2v) is 7.33. The van der Waals surface area contributed by atoms with Crippen LogP contribution in [0.2, 0.25) is 0 Å². The van der Waals surface area contributed by atoms with E-state index in [1.807, 2.05) is 16.4 Å². The van der Waals surface area contributed by atoms with Crippen molar-refractivity contribution in [1.82, 2.24) is 19.5 Å². The fourth-order valence-electron chi connectivity index (χ4n) is 3.27. The molecule has 0 fully saturated rings. The zero-order valence-electron chi connectivity index (χ0n) is 15.3. The number of ketones is 1. The number of carbonyl (C=O) groups is 1. The minimum Gasteiger partial charge on any atom is -0.364 e. The second-order valence-electron chi connectivity index (χ2n) is 6.30. The summed E-state index contributed by atoms with van der Waals surface area (Å²) in [5.74, 6) is 0.806. The maximum absolute atomic E-state index is 11.9. The average molecular weight is 381 g/mol. The molecule has 1 aromatic carbocycles. The lowest BCUT2D eigenvalue weighted by atomic mass is 10.1. The molecule has 0 saturated heterocycles. The highest BCUT2D eigenvalue weighted by Crippen LogP contribution is 2.46. The number of methoxy groups -OCH3 is 1. The first kappa shape index (κ1) is 17.7. The van der Waals surface area contributed by atoms with Crippen LogP contribution in [-0.2, 0) is 11.3 Å². The van der Waals surface area contributed by atoms with Crippen molar-refractivity contribution in [2.24, 2.45) is 0 Å². The van der Waals surface area contributed by atoms with Gasteiger partial charge < -0.3 is 9.30 Å². The minimum atomic E-state index is 0.0173. The van der Waals surface area contributed by atoms with E-state index in [0.717, 1.165) is 32.7 Å².